The maximum Gasteiger partial charge on any atom is 0.220 e. The second-order valence-corrected chi connectivity index (χ2v) is 4.72. The molecule has 0 saturated carbocycles. The minimum absolute atomic E-state index is 0. The summed E-state index contributed by atoms with van der Waals surface area (Å²) in [7, 11) is 0. The number of carbonyl (C=O) groups excluding carboxylic acids is 1. The van der Waals surface area contributed by atoms with Crippen molar-refractivity contribution in [1.29, 1.82) is 0 Å². The predicted octanol–water partition coefficient (Wildman–Crippen LogP) is 2.19. The normalized spacial score (nSPS) is 11.7. The summed E-state index contributed by atoms with van der Waals surface area (Å²) < 4.78 is 0. The molecule has 3 nitrogen and oxygen atoms in total. The van der Waals surface area contributed by atoms with Gasteiger partial charge in [0.15, 0.2) is 0 Å². The van der Waals surface area contributed by atoms with Crippen molar-refractivity contribution in [3.05, 3.63) is 0 Å². The molecule has 0 spiro atoms. The highest BCUT2D eigenvalue weighted by Gasteiger charge is 2.09. The van der Waals surface area contributed by atoms with Crippen LogP contribution < -0.4 is 11.1 Å². The van der Waals surface area contributed by atoms with Gasteiger partial charge in [0, 0.05) is 19.0 Å². The predicted molar refractivity (Wildman–Crippen MR) is 75.4 cm³/mol. The van der Waals surface area contributed by atoms with Gasteiger partial charge in [0.05, 0.1) is 0 Å². The molecule has 3 N–H and O–H groups in total. The summed E-state index contributed by atoms with van der Waals surface area (Å²) in [6.45, 7) is 2.70. The molecule has 0 saturated heterocycles. The van der Waals surface area contributed by atoms with E-state index < -0.39 is 0 Å². The van der Waals surface area contributed by atoms with Crippen LogP contribution in [0.4, 0.5) is 0 Å². The highest BCUT2D eigenvalue weighted by molar-refractivity contribution is 7.98. The third kappa shape index (κ3) is 10.6. The molecule has 0 aliphatic heterocycles. The Bertz CT molecular complexity index is 170. The van der Waals surface area contributed by atoms with Gasteiger partial charge >= 0.3 is 0 Å². The Hall–Kier alpha value is 0.0700. The fourth-order valence-corrected chi connectivity index (χ4v) is 1.81. The Morgan fingerprint density at radius 2 is 2.12 bits per heavy atom. The van der Waals surface area contributed by atoms with Gasteiger partial charge in [0.2, 0.25) is 5.91 Å². The zero-order chi connectivity index (χ0) is 11.5. The lowest BCUT2D eigenvalue weighted by Gasteiger charge is -2.16. The first kappa shape index (κ1) is 18.4. The minimum Gasteiger partial charge on any atom is -0.352 e. The molecule has 0 aromatic rings. The summed E-state index contributed by atoms with van der Waals surface area (Å²) in [5.41, 5.74) is 5.60. The smallest absolute Gasteiger partial charge is 0.220 e. The molecule has 0 rings (SSSR count). The first-order valence-corrected chi connectivity index (χ1v) is 7.12. The van der Waals surface area contributed by atoms with E-state index in [2.05, 4.69) is 18.5 Å². The number of nitrogens with two attached hydrogens (primary N) is 1. The average Bonchev–Trinajstić information content (AvgIpc) is 2.24. The van der Waals surface area contributed by atoms with Crippen LogP contribution in [0.25, 0.3) is 0 Å². The van der Waals surface area contributed by atoms with E-state index in [9.17, 15) is 4.79 Å². The van der Waals surface area contributed by atoms with Crippen molar-refractivity contribution >= 4 is 30.1 Å². The average molecular weight is 269 g/mol. The molecule has 0 aliphatic carbocycles. The number of amides is 1. The number of thioether (sulfide) groups is 1. The summed E-state index contributed by atoms with van der Waals surface area (Å²) in [4.78, 5) is 11.5. The lowest BCUT2D eigenvalue weighted by Crippen LogP contribution is -2.40. The molecule has 1 atom stereocenters. The molecular weight excluding hydrogens is 244 g/mol. The van der Waals surface area contributed by atoms with Crippen molar-refractivity contribution < 1.29 is 4.79 Å². The van der Waals surface area contributed by atoms with Gasteiger partial charge < -0.3 is 11.1 Å². The molecule has 1 unspecified atom stereocenters. The first-order valence-electron chi connectivity index (χ1n) is 5.73. The fourth-order valence-electron chi connectivity index (χ4n) is 1.38. The van der Waals surface area contributed by atoms with Crippen LogP contribution in [0.2, 0.25) is 0 Å². The molecule has 0 aliphatic rings. The standard InChI is InChI=1S/C11H24N2OS.ClH/c1-3-4-6-10(9-12)13-11(14)7-5-8-15-2;/h10H,3-9,12H2,1-2H3,(H,13,14);1H. The van der Waals surface area contributed by atoms with Gasteiger partial charge in [-0.25, -0.2) is 0 Å². The Labute approximate surface area is 110 Å². The van der Waals surface area contributed by atoms with Gasteiger partial charge in [-0.15, -0.1) is 12.4 Å². The number of halogens is 1. The van der Waals surface area contributed by atoms with Gasteiger partial charge in [-0.3, -0.25) is 4.79 Å². The summed E-state index contributed by atoms with van der Waals surface area (Å²) in [5, 5.41) is 2.99. The van der Waals surface area contributed by atoms with E-state index in [1.165, 1.54) is 0 Å². The fraction of sp³-hybridized carbons (Fsp3) is 0.909. The summed E-state index contributed by atoms with van der Waals surface area (Å²) in [6, 6.07) is 0.173. The lowest BCUT2D eigenvalue weighted by atomic mass is 10.1. The van der Waals surface area contributed by atoms with E-state index in [1.807, 2.05) is 0 Å². The van der Waals surface area contributed by atoms with E-state index in [1.54, 1.807) is 11.8 Å². The number of hydrogen-bond donors (Lipinski definition) is 2. The number of rotatable bonds is 9. The largest absolute Gasteiger partial charge is 0.352 e. The molecule has 0 radical (unpaired) electrons. The number of carbonyl (C=O) groups is 1. The summed E-state index contributed by atoms with van der Waals surface area (Å²) in [6.07, 6.45) is 6.93. The Kier molecular flexibility index (Phi) is 15.1. The molecule has 1 amide bonds. The molecule has 0 aromatic heterocycles. The molecule has 0 bridgehead atoms. The molecule has 0 fully saturated rings. The van der Waals surface area contributed by atoms with E-state index in [0.717, 1.165) is 31.4 Å². The molecule has 16 heavy (non-hydrogen) atoms. The van der Waals surface area contributed by atoms with E-state index in [4.69, 9.17) is 5.73 Å². The number of hydrogen-bond acceptors (Lipinski definition) is 3. The van der Waals surface area contributed by atoms with Crippen LogP contribution in [0.15, 0.2) is 0 Å². The highest BCUT2D eigenvalue weighted by atomic mass is 35.5. The van der Waals surface area contributed by atoms with Crippen LogP contribution in [0.1, 0.15) is 39.0 Å². The summed E-state index contributed by atoms with van der Waals surface area (Å²) in [5.74, 6) is 1.20. The van der Waals surface area contributed by atoms with Crippen molar-refractivity contribution in [2.24, 2.45) is 5.73 Å². The molecular formula is C11H25ClN2OS. The van der Waals surface area contributed by atoms with E-state index in [-0.39, 0.29) is 24.4 Å². The zero-order valence-electron chi connectivity index (χ0n) is 10.3. The Morgan fingerprint density at radius 3 is 2.62 bits per heavy atom. The van der Waals surface area contributed by atoms with Crippen LogP contribution in [-0.4, -0.2) is 30.5 Å². The van der Waals surface area contributed by atoms with Gasteiger partial charge in [0.25, 0.3) is 0 Å². The lowest BCUT2D eigenvalue weighted by molar-refractivity contribution is -0.121. The van der Waals surface area contributed by atoms with E-state index >= 15 is 0 Å². The molecule has 98 valence electrons. The van der Waals surface area contributed by atoms with Gasteiger partial charge in [-0.05, 0) is 24.9 Å². The third-order valence-electron chi connectivity index (χ3n) is 2.31. The highest BCUT2D eigenvalue weighted by Crippen LogP contribution is 2.02. The van der Waals surface area contributed by atoms with Crippen LogP contribution in [0, 0.1) is 0 Å². The summed E-state index contributed by atoms with van der Waals surface area (Å²) >= 11 is 1.78. The second kappa shape index (κ2) is 13.1. The van der Waals surface area contributed by atoms with Crippen molar-refractivity contribution in [1.82, 2.24) is 5.32 Å². The van der Waals surface area contributed by atoms with Crippen LogP contribution in [0.5, 0.6) is 0 Å². The Morgan fingerprint density at radius 1 is 1.44 bits per heavy atom. The quantitative estimate of drug-likeness (QED) is 0.631. The molecule has 0 aromatic carbocycles. The van der Waals surface area contributed by atoms with Crippen molar-refractivity contribution in [2.45, 2.75) is 45.1 Å². The van der Waals surface area contributed by atoms with Crippen molar-refractivity contribution in [3.63, 3.8) is 0 Å². The van der Waals surface area contributed by atoms with Crippen molar-refractivity contribution in [2.75, 3.05) is 18.6 Å². The topological polar surface area (TPSA) is 55.1 Å². The van der Waals surface area contributed by atoms with Crippen LogP contribution in [-0.2, 0) is 4.79 Å². The first-order chi connectivity index (χ1) is 7.24. The minimum atomic E-state index is 0. The van der Waals surface area contributed by atoms with Crippen LogP contribution in [0.3, 0.4) is 0 Å². The third-order valence-corrected chi connectivity index (χ3v) is 3.00. The SMILES string of the molecule is CCCCC(CN)NC(=O)CCCSC.Cl. The molecule has 0 heterocycles. The van der Waals surface area contributed by atoms with Crippen LogP contribution >= 0.6 is 24.2 Å². The maximum atomic E-state index is 11.5. The van der Waals surface area contributed by atoms with Gasteiger partial charge in [-0.1, -0.05) is 19.8 Å². The Balaban J connectivity index is 0. The second-order valence-electron chi connectivity index (χ2n) is 3.74. The van der Waals surface area contributed by atoms with Crippen molar-refractivity contribution in [3.8, 4) is 0 Å². The number of nitrogens with one attached hydrogen (secondary N) is 1. The van der Waals surface area contributed by atoms with Gasteiger partial charge in [0.1, 0.15) is 0 Å². The maximum absolute atomic E-state index is 11.5. The van der Waals surface area contributed by atoms with E-state index in [0.29, 0.717) is 13.0 Å². The monoisotopic (exact) mass is 268 g/mol. The molecule has 5 heteroatoms. The zero-order valence-corrected chi connectivity index (χ0v) is 12.0. The van der Waals surface area contributed by atoms with Gasteiger partial charge in [-0.2, -0.15) is 11.8 Å². The number of unbranched alkanes of at least 4 members (excludes halogenated alkanes) is 1.